The van der Waals surface area contributed by atoms with Crippen LogP contribution in [0.1, 0.15) is 22.3 Å². The maximum Gasteiger partial charge on any atom is 0.160 e. The first-order valence-corrected chi connectivity index (χ1v) is 9.62. The Bertz CT molecular complexity index is 1050. The van der Waals surface area contributed by atoms with Crippen molar-refractivity contribution in [3.63, 3.8) is 0 Å². The molecule has 0 unspecified atom stereocenters. The molecule has 2 nitrogen and oxygen atoms in total. The van der Waals surface area contributed by atoms with Crippen molar-refractivity contribution < 1.29 is 0 Å². The monoisotopic (exact) mass is 364 g/mol. The van der Waals surface area contributed by atoms with Crippen molar-refractivity contribution in [1.29, 1.82) is 0 Å². The highest BCUT2D eigenvalue weighted by Crippen LogP contribution is 2.33. The topological polar surface area (TPSA) is 25.8 Å². The summed E-state index contributed by atoms with van der Waals surface area (Å²) in [4.78, 5) is 9.98. The minimum absolute atomic E-state index is 0.794. The highest BCUT2D eigenvalue weighted by atomic mass is 14.9. The van der Waals surface area contributed by atoms with Crippen LogP contribution in [0.5, 0.6) is 0 Å². The van der Waals surface area contributed by atoms with Crippen LogP contribution in [0.2, 0.25) is 0 Å². The van der Waals surface area contributed by atoms with Crippen molar-refractivity contribution in [3.05, 3.63) is 95.1 Å². The minimum Gasteiger partial charge on any atom is -0.228 e. The quantitative estimate of drug-likeness (QED) is 0.404. The molecule has 0 aliphatic rings. The van der Waals surface area contributed by atoms with Gasteiger partial charge in [0.05, 0.1) is 11.4 Å². The standard InChI is InChI=1S/C26H24N2/c1-17-15-18(2)20(4)25(19(17)3)26-27-23(21-11-7-5-8-12-21)16-24(28-26)22-13-9-6-10-14-22/h5-16H,1-4H3. The molecule has 1 aromatic heterocycles. The summed E-state index contributed by atoms with van der Waals surface area (Å²) in [6, 6.07) is 25.0. The van der Waals surface area contributed by atoms with Gasteiger partial charge in [-0.15, -0.1) is 0 Å². The SMILES string of the molecule is Cc1cc(C)c(C)c(-c2nc(-c3ccccc3)cc(-c3ccccc3)n2)c1C. The van der Waals surface area contributed by atoms with Gasteiger partial charge in [0.25, 0.3) is 0 Å². The van der Waals surface area contributed by atoms with E-state index in [1.54, 1.807) is 0 Å². The highest BCUT2D eigenvalue weighted by Gasteiger charge is 2.16. The number of nitrogens with zero attached hydrogens (tertiary/aromatic N) is 2. The molecule has 138 valence electrons. The number of aryl methyl sites for hydroxylation is 2. The van der Waals surface area contributed by atoms with Crippen LogP contribution in [0.4, 0.5) is 0 Å². The van der Waals surface area contributed by atoms with E-state index in [0.29, 0.717) is 0 Å². The van der Waals surface area contributed by atoms with Gasteiger partial charge < -0.3 is 0 Å². The van der Waals surface area contributed by atoms with Gasteiger partial charge in [0.2, 0.25) is 0 Å². The fourth-order valence-corrected chi connectivity index (χ4v) is 3.62. The molecule has 0 aliphatic heterocycles. The highest BCUT2D eigenvalue weighted by molar-refractivity contribution is 5.75. The zero-order valence-corrected chi connectivity index (χ0v) is 16.8. The third-order valence-electron chi connectivity index (χ3n) is 5.45. The second-order valence-electron chi connectivity index (χ2n) is 7.33. The van der Waals surface area contributed by atoms with Crippen molar-refractivity contribution >= 4 is 0 Å². The first-order chi connectivity index (χ1) is 13.5. The fraction of sp³-hybridized carbons (Fsp3) is 0.154. The van der Waals surface area contributed by atoms with Crippen molar-refractivity contribution in [2.24, 2.45) is 0 Å². The molecule has 0 N–H and O–H groups in total. The van der Waals surface area contributed by atoms with Gasteiger partial charge >= 0.3 is 0 Å². The van der Waals surface area contributed by atoms with Crippen LogP contribution in [0, 0.1) is 27.7 Å². The summed E-state index contributed by atoms with van der Waals surface area (Å²) < 4.78 is 0. The van der Waals surface area contributed by atoms with E-state index in [9.17, 15) is 0 Å². The maximum absolute atomic E-state index is 4.99. The first kappa shape index (κ1) is 18.1. The number of aromatic nitrogens is 2. The molecule has 0 spiro atoms. The normalized spacial score (nSPS) is 10.9. The van der Waals surface area contributed by atoms with Crippen LogP contribution >= 0.6 is 0 Å². The van der Waals surface area contributed by atoms with Crippen molar-refractivity contribution in [3.8, 4) is 33.9 Å². The molecular weight excluding hydrogens is 340 g/mol. The third-order valence-corrected chi connectivity index (χ3v) is 5.45. The van der Waals surface area contributed by atoms with Crippen LogP contribution < -0.4 is 0 Å². The summed E-state index contributed by atoms with van der Waals surface area (Å²) in [6.45, 7) is 8.64. The molecule has 4 aromatic rings. The van der Waals surface area contributed by atoms with Crippen LogP contribution in [0.25, 0.3) is 33.9 Å². The van der Waals surface area contributed by atoms with Crippen LogP contribution in [-0.4, -0.2) is 9.97 Å². The second kappa shape index (κ2) is 7.40. The average molecular weight is 364 g/mol. The van der Waals surface area contributed by atoms with Crippen LogP contribution in [0.3, 0.4) is 0 Å². The summed E-state index contributed by atoms with van der Waals surface area (Å²) in [5, 5.41) is 0. The molecule has 0 saturated heterocycles. The molecule has 0 radical (unpaired) electrons. The zero-order chi connectivity index (χ0) is 19.7. The zero-order valence-electron chi connectivity index (χ0n) is 16.8. The van der Waals surface area contributed by atoms with Gasteiger partial charge in [-0.25, -0.2) is 9.97 Å². The Hall–Kier alpha value is -3.26. The lowest BCUT2D eigenvalue weighted by Gasteiger charge is -2.16. The van der Waals surface area contributed by atoms with Gasteiger partial charge in [-0.05, 0) is 56.0 Å². The lowest BCUT2D eigenvalue weighted by Crippen LogP contribution is -2.01. The predicted molar refractivity (Wildman–Crippen MR) is 117 cm³/mol. The number of rotatable bonds is 3. The average Bonchev–Trinajstić information content (AvgIpc) is 2.74. The molecule has 0 saturated carbocycles. The van der Waals surface area contributed by atoms with Crippen molar-refractivity contribution in [1.82, 2.24) is 9.97 Å². The van der Waals surface area contributed by atoms with E-state index < -0.39 is 0 Å². The Morgan fingerprint density at radius 3 is 1.39 bits per heavy atom. The summed E-state index contributed by atoms with van der Waals surface area (Å²) >= 11 is 0. The molecule has 4 rings (SSSR count). The van der Waals surface area contributed by atoms with Crippen LogP contribution in [0.15, 0.2) is 72.8 Å². The molecule has 0 bridgehead atoms. The number of hydrogen-bond acceptors (Lipinski definition) is 2. The van der Waals surface area contributed by atoms with Crippen LogP contribution in [-0.2, 0) is 0 Å². The Labute approximate surface area is 167 Å². The third kappa shape index (κ3) is 3.34. The summed E-state index contributed by atoms with van der Waals surface area (Å²) in [6.07, 6.45) is 0. The van der Waals surface area contributed by atoms with Gasteiger partial charge in [0.1, 0.15) is 0 Å². The molecule has 0 fully saturated rings. The van der Waals surface area contributed by atoms with Gasteiger partial charge in [0.15, 0.2) is 5.82 Å². The predicted octanol–water partition coefficient (Wildman–Crippen LogP) is 6.71. The van der Waals surface area contributed by atoms with Gasteiger partial charge in [-0.1, -0.05) is 66.7 Å². The molecule has 28 heavy (non-hydrogen) atoms. The van der Waals surface area contributed by atoms with Crippen molar-refractivity contribution in [2.75, 3.05) is 0 Å². The first-order valence-electron chi connectivity index (χ1n) is 9.62. The molecule has 0 aliphatic carbocycles. The molecule has 3 aromatic carbocycles. The molecule has 2 heteroatoms. The number of benzene rings is 3. The molecule has 1 heterocycles. The fourth-order valence-electron chi connectivity index (χ4n) is 3.62. The largest absolute Gasteiger partial charge is 0.228 e. The Morgan fingerprint density at radius 2 is 0.964 bits per heavy atom. The maximum atomic E-state index is 4.99. The Balaban J connectivity index is 2.01. The molecular formula is C26H24N2. The number of hydrogen-bond donors (Lipinski definition) is 0. The lowest BCUT2D eigenvalue weighted by molar-refractivity contribution is 1.14. The summed E-state index contributed by atoms with van der Waals surface area (Å²) in [7, 11) is 0. The summed E-state index contributed by atoms with van der Waals surface area (Å²) in [5.74, 6) is 0.794. The van der Waals surface area contributed by atoms with E-state index in [2.05, 4.69) is 64.1 Å². The van der Waals surface area contributed by atoms with E-state index >= 15 is 0 Å². The molecule has 0 atom stereocenters. The van der Waals surface area contributed by atoms with Gasteiger partial charge in [-0.3, -0.25) is 0 Å². The molecule has 0 amide bonds. The Kier molecular flexibility index (Phi) is 4.79. The minimum atomic E-state index is 0.794. The van der Waals surface area contributed by atoms with E-state index in [0.717, 1.165) is 33.9 Å². The van der Waals surface area contributed by atoms with E-state index in [4.69, 9.17) is 9.97 Å². The van der Waals surface area contributed by atoms with E-state index in [1.165, 1.54) is 22.3 Å². The van der Waals surface area contributed by atoms with E-state index in [-0.39, 0.29) is 0 Å². The van der Waals surface area contributed by atoms with Crippen molar-refractivity contribution in [2.45, 2.75) is 27.7 Å². The second-order valence-corrected chi connectivity index (χ2v) is 7.33. The smallest absolute Gasteiger partial charge is 0.160 e. The van der Waals surface area contributed by atoms with E-state index in [1.807, 2.05) is 36.4 Å². The Morgan fingerprint density at radius 1 is 0.536 bits per heavy atom. The lowest BCUT2D eigenvalue weighted by atomic mass is 9.93. The van der Waals surface area contributed by atoms with Gasteiger partial charge in [-0.2, -0.15) is 0 Å². The van der Waals surface area contributed by atoms with Gasteiger partial charge in [0, 0.05) is 16.7 Å². The summed E-state index contributed by atoms with van der Waals surface area (Å²) in [5.41, 5.74) is 10.3.